The fourth-order valence-electron chi connectivity index (χ4n) is 1.63. The average molecular weight is 265 g/mol. The van der Waals surface area contributed by atoms with Gasteiger partial charge in [0.05, 0.1) is 11.4 Å². The van der Waals surface area contributed by atoms with Crippen LogP contribution in [0.1, 0.15) is 31.4 Å². The number of benzene rings is 1. The summed E-state index contributed by atoms with van der Waals surface area (Å²) >= 11 is 1.50. The van der Waals surface area contributed by atoms with Crippen LogP contribution < -0.4 is 5.32 Å². The summed E-state index contributed by atoms with van der Waals surface area (Å²) in [5.74, 6) is 0.631. The first kappa shape index (κ1) is 13.4. The molecule has 1 amide bonds. The van der Waals surface area contributed by atoms with Gasteiger partial charge in [0.25, 0.3) is 0 Å². The van der Waals surface area contributed by atoms with Gasteiger partial charge in [-0.2, -0.15) is 0 Å². The molecule has 0 heterocycles. The van der Waals surface area contributed by atoms with Crippen LogP contribution in [-0.2, 0) is 4.79 Å². The van der Waals surface area contributed by atoms with E-state index in [0.29, 0.717) is 11.8 Å². The van der Waals surface area contributed by atoms with E-state index in [2.05, 4.69) is 5.32 Å². The van der Waals surface area contributed by atoms with Crippen molar-refractivity contribution in [1.82, 2.24) is 5.32 Å². The van der Waals surface area contributed by atoms with Gasteiger partial charge >= 0.3 is 0 Å². The molecule has 1 aliphatic carbocycles. The summed E-state index contributed by atoms with van der Waals surface area (Å²) in [6.45, 7) is 1.89. The van der Waals surface area contributed by atoms with E-state index in [9.17, 15) is 9.90 Å². The van der Waals surface area contributed by atoms with E-state index in [1.165, 1.54) is 11.8 Å². The third-order valence-electron chi connectivity index (χ3n) is 2.98. The quantitative estimate of drug-likeness (QED) is 0.828. The Labute approximate surface area is 112 Å². The second kappa shape index (κ2) is 6.25. The standard InChI is InChI=1S/C14H19NO2S/c1-10(14(17)15-12-7-8-12)18-9-13(16)11-5-3-2-4-6-11/h2-6,10,12-13,16H,7-9H2,1H3,(H,15,17)/t10-,13+/m0/s1. The maximum absolute atomic E-state index is 11.7. The number of rotatable bonds is 6. The Bertz CT molecular complexity index is 392. The first-order chi connectivity index (χ1) is 8.66. The predicted molar refractivity (Wildman–Crippen MR) is 74.5 cm³/mol. The third-order valence-corrected chi connectivity index (χ3v) is 4.20. The molecule has 0 radical (unpaired) electrons. The maximum atomic E-state index is 11.7. The minimum absolute atomic E-state index is 0.0859. The van der Waals surface area contributed by atoms with E-state index >= 15 is 0 Å². The van der Waals surface area contributed by atoms with Crippen LogP contribution in [0.3, 0.4) is 0 Å². The molecule has 2 atom stereocenters. The van der Waals surface area contributed by atoms with Gasteiger partial charge in [-0.1, -0.05) is 30.3 Å². The molecule has 98 valence electrons. The van der Waals surface area contributed by atoms with Crippen LogP contribution in [0.25, 0.3) is 0 Å². The van der Waals surface area contributed by atoms with Gasteiger partial charge in [0, 0.05) is 11.8 Å². The SMILES string of the molecule is C[C@H](SC[C@@H](O)c1ccccc1)C(=O)NC1CC1. The van der Waals surface area contributed by atoms with Crippen molar-refractivity contribution in [3.05, 3.63) is 35.9 Å². The van der Waals surface area contributed by atoms with E-state index < -0.39 is 6.10 Å². The van der Waals surface area contributed by atoms with Gasteiger partial charge in [0.15, 0.2) is 0 Å². The van der Waals surface area contributed by atoms with E-state index in [4.69, 9.17) is 0 Å². The lowest BCUT2D eigenvalue weighted by Gasteiger charge is -2.15. The number of aliphatic hydroxyl groups excluding tert-OH is 1. The highest BCUT2D eigenvalue weighted by Crippen LogP contribution is 2.23. The fourth-order valence-corrected chi connectivity index (χ4v) is 2.51. The summed E-state index contributed by atoms with van der Waals surface area (Å²) < 4.78 is 0. The molecule has 0 aliphatic heterocycles. The molecule has 4 heteroatoms. The summed E-state index contributed by atoms with van der Waals surface area (Å²) in [4.78, 5) is 11.7. The second-order valence-electron chi connectivity index (χ2n) is 4.68. The number of carbonyl (C=O) groups excluding carboxylic acids is 1. The highest BCUT2D eigenvalue weighted by Gasteiger charge is 2.26. The fraction of sp³-hybridized carbons (Fsp3) is 0.500. The molecule has 0 spiro atoms. The van der Waals surface area contributed by atoms with Gasteiger partial charge in [0.2, 0.25) is 5.91 Å². The molecular weight excluding hydrogens is 246 g/mol. The van der Waals surface area contributed by atoms with Gasteiger partial charge < -0.3 is 10.4 Å². The van der Waals surface area contributed by atoms with E-state index in [1.54, 1.807) is 0 Å². The molecule has 0 unspecified atom stereocenters. The minimum Gasteiger partial charge on any atom is -0.388 e. The van der Waals surface area contributed by atoms with Crippen LogP contribution in [0, 0.1) is 0 Å². The molecule has 1 fully saturated rings. The van der Waals surface area contributed by atoms with Crippen LogP contribution in [0.4, 0.5) is 0 Å². The maximum Gasteiger partial charge on any atom is 0.233 e. The topological polar surface area (TPSA) is 49.3 Å². The van der Waals surface area contributed by atoms with Crippen LogP contribution >= 0.6 is 11.8 Å². The van der Waals surface area contributed by atoms with E-state index in [1.807, 2.05) is 37.3 Å². The molecule has 2 N–H and O–H groups in total. The Morgan fingerprint density at radius 1 is 1.44 bits per heavy atom. The normalized spacial score (nSPS) is 18.1. The van der Waals surface area contributed by atoms with Crippen molar-refractivity contribution in [2.45, 2.75) is 37.2 Å². The Morgan fingerprint density at radius 2 is 2.11 bits per heavy atom. The average Bonchev–Trinajstić information content (AvgIpc) is 3.20. The van der Waals surface area contributed by atoms with Gasteiger partial charge in [-0.15, -0.1) is 11.8 Å². The predicted octanol–water partition coefficient (Wildman–Crippen LogP) is 2.12. The smallest absolute Gasteiger partial charge is 0.233 e. The second-order valence-corrected chi connectivity index (χ2v) is 6.06. The van der Waals surface area contributed by atoms with Gasteiger partial charge in [-0.25, -0.2) is 0 Å². The van der Waals surface area contributed by atoms with Gasteiger partial charge in [-0.3, -0.25) is 4.79 Å². The van der Waals surface area contributed by atoms with Crippen LogP contribution in [0.2, 0.25) is 0 Å². The Kier molecular flexibility index (Phi) is 4.66. The summed E-state index contributed by atoms with van der Waals surface area (Å²) in [5.41, 5.74) is 0.903. The van der Waals surface area contributed by atoms with Crippen LogP contribution in [0.15, 0.2) is 30.3 Å². The molecule has 0 aromatic heterocycles. The molecule has 18 heavy (non-hydrogen) atoms. The van der Waals surface area contributed by atoms with Crippen molar-refractivity contribution in [2.75, 3.05) is 5.75 Å². The number of thioether (sulfide) groups is 1. The molecular formula is C14H19NO2S. The number of aliphatic hydroxyl groups is 1. The Morgan fingerprint density at radius 3 is 2.72 bits per heavy atom. The zero-order chi connectivity index (χ0) is 13.0. The number of hydrogen-bond acceptors (Lipinski definition) is 3. The lowest BCUT2D eigenvalue weighted by molar-refractivity contribution is -0.120. The highest BCUT2D eigenvalue weighted by molar-refractivity contribution is 8.00. The Hall–Kier alpha value is -1.00. The molecule has 3 nitrogen and oxygen atoms in total. The highest BCUT2D eigenvalue weighted by atomic mass is 32.2. The molecule has 0 saturated heterocycles. The molecule has 1 aromatic rings. The summed E-state index contributed by atoms with van der Waals surface area (Å²) in [6, 6.07) is 9.95. The van der Waals surface area contributed by atoms with Crippen molar-refractivity contribution < 1.29 is 9.90 Å². The molecule has 1 aliphatic rings. The lowest BCUT2D eigenvalue weighted by Crippen LogP contribution is -2.32. The minimum atomic E-state index is -0.507. The molecule has 2 rings (SSSR count). The molecule has 1 aromatic carbocycles. The summed E-state index contributed by atoms with van der Waals surface area (Å²) in [7, 11) is 0. The third kappa shape index (κ3) is 4.03. The van der Waals surface area contributed by atoms with Crippen molar-refractivity contribution >= 4 is 17.7 Å². The molecule has 0 bridgehead atoms. The first-order valence-corrected chi connectivity index (χ1v) is 7.36. The Balaban J connectivity index is 1.74. The summed E-state index contributed by atoms with van der Waals surface area (Å²) in [5, 5.41) is 12.9. The largest absolute Gasteiger partial charge is 0.388 e. The summed E-state index contributed by atoms with van der Waals surface area (Å²) in [6.07, 6.45) is 1.71. The number of nitrogens with one attached hydrogen (secondary N) is 1. The zero-order valence-corrected chi connectivity index (χ0v) is 11.3. The van der Waals surface area contributed by atoms with E-state index in [0.717, 1.165) is 18.4 Å². The van der Waals surface area contributed by atoms with Crippen molar-refractivity contribution in [2.24, 2.45) is 0 Å². The number of hydrogen-bond donors (Lipinski definition) is 2. The van der Waals surface area contributed by atoms with Gasteiger partial charge in [-0.05, 0) is 25.3 Å². The number of carbonyl (C=O) groups is 1. The van der Waals surface area contributed by atoms with E-state index in [-0.39, 0.29) is 11.2 Å². The van der Waals surface area contributed by atoms with Crippen LogP contribution in [0.5, 0.6) is 0 Å². The monoisotopic (exact) mass is 265 g/mol. The zero-order valence-electron chi connectivity index (χ0n) is 10.5. The lowest BCUT2D eigenvalue weighted by atomic mass is 10.1. The first-order valence-electron chi connectivity index (χ1n) is 6.32. The van der Waals surface area contributed by atoms with Crippen molar-refractivity contribution in [1.29, 1.82) is 0 Å². The molecule has 1 saturated carbocycles. The van der Waals surface area contributed by atoms with Crippen molar-refractivity contribution in [3.8, 4) is 0 Å². The van der Waals surface area contributed by atoms with Crippen LogP contribution in [-0.4, -0.2) is 28.1 Å². The van der Waals surface area contributed by atoms with Crippen molar-refractivity contribution in [3.63, 3.8) is 0 Å². The number of amides is 1. The van der Waals surface area contributed by atoms with Gasteiger partial charge in [0.1, 0.15) is 0 Å².